The van der Waals surface area contributed by atoms with E-state index in [0.717, 1.165) is 36.3 Å². The van der Waals surface area contributed by atoms with Gasteiger partial charge in [-0.15, -0.1) is 0 Å². The van der Waals surface area contributed by atoms with Gasteiger partial charge in [0.2, 0.25) is 11.8 Å². The molecule has 1 saturated carbocycles. The van der Waals surface area contributed by atoms with Crippen LogP contribution in [0.3, 0.4) is 0 Å². The summed E-state index contributed by atoms with van der Waals surface area (Å²) in [5.74, 6) is -0.114. The van der Waals surface area contributed by atoms with Crippen molar-refractivity contribution in [2.75, 3.05) is 6.54 Å². The summed E-state index contributed by atoms with van der Waals surface area (Å²) in [6.45, 7) is 5.77. The van der Waals surface area contributed by atoms with Crippen LogP contribution in [0.15, 0.2) is 30.3 Å². The molecule has 1 N–H and O–H groups in total. The van der Waals surface area contributed by atoms with Gasteiger partial charge in [0.1, 0.15) is 0 Å². The van der Waals surface area contributed by atoms with E-state index in [1.807, 2.05) is 41.6 Å². The summed E-state index contributed by atoms with van der Waals surface area (Å²) >= 11 is 0. The Bertz CT molecular complexity index is 884. The van der Waals surface area contributed by atoms with E-state index in [0.29, 0.717) is 25.6 Å². The van der Waals surface area contributed by atoms with Crippen LogP contribution in [0.2, 0.25) is 0 Å². The van der Waals surface area contributed by atoms with Crippen LogP contribution >= 0.6 is 0 Å². The zero-order valence-electron chi connectivity index (χ0n) is 17.4. The van der Waals surface area contributed by atoms with Crippen LogP contribution < -0.4 is 5.32 Å². The van der Waals surface area contributed by atoms with E-state index in [1.165, 1.54) is 18.4 Å². The molecule has 0 bridgehead atoms. The number of likely N-dealkylation sites (tertiary alicyclic amines) is 1. The lowest BCUT2D eigenvalue weighted by molar-refractivity contribution is -0.130. The molecule has 1 saturated heterocycles. The van der Waals surface area contributed by atoms with Gasteiger partial charge in [-0.3, -0.25) is 14.3 Å². The van der Waals surface area contributed by atoms with Crippen LogP contribution in [0, 0.1) is 19.8 Å². The molecule has 1 atom stereocenters. The third kappa shape index (κ3) is 4.21. The third-order valence-electron chi connectivity index (χ3n) is 6.44. The van der Waals surface area contributed by atoms with Gasteiger partial charge in [-0.1, -0.05) is 43.2 Å². The minimum Gasteiger partial charge on any atom is -0.352 e. The lowest BCUT2D eigenvalue weighted by atomic mass is 10.1. The lowest BCUT2D eigenvalue weighted by Gasteiger charge is -2.23. The van der Waals surface area contributed by atoms with Crippen LogP contribution in [-0.4, -0.2) is 39.1 Å². The number of benzene rings is 1. The molecule has 2 aromatic rings. The average Bonchev–Trinajstić information content (AvgIpc) is 3.42. The summed E-state index contributed by atoms with van der Waals surface area (Å²) < 4.78 is 1.99. The highest BCUT2D eigenvalue weighted by Crippen LogP contribution is 2.29. The van der Waals surface area contributed by atoms with E-state index in [1.54, 1.807) is 0 Å². The summed E-state index contributed by atoms with van der Waals surface area (Å²) in [6.07, 6.45) is 4.89. The monoisotopic (exact) mass is 394 g/mol. The summed E-state index contributed by atoms with van der Waals surface area (Å²) in [5, 5.41) is 7.72. The molecule has 2 fully saturated rings. The van der Waals surface area contributed by atoms with Gasteiger partial charge in [-0.25, -0.2) is 0 Å². The topological polar surface area (TPSA) is 67.2 Å². The number of carbonyl (C=O) groups is 2. The van der Waals surface area contributed by atoms with Crippen LogP contribution in [0.1, 0.15) is 54.6 Å². The molecule has 0 unspecified atom stereocenters. The summed E-state index contributed by atoms with van der Waals surface area (Å²) in [7, 11) is 0. The molecule has 1 aliphatic heterocycles. The maximum atomic E-state index is 12.7. The Morgan fingerprint density at radius 2 is 1.90 bits per heavy atom. The first-order valence-corrected chi connectivity index (χ1v) is 10.7. The van der Waals surface area contributed by atoms with E-state index in [2.05, 4.69) is 22.5 Å². The molecule has 154 valence electrons. The number of hydrogen-bond acceptors (Lipinski definition) is 3. The zero-order valence-corrected chi connectivity index (χ0v) is 17.4. The van der Waals surface area contributed by atoms with Gasteiger partial charge in [-0.05, 0) is 32.3 Å². The zero-order chi connectivity index (χ0) is 20.4. The van der Waals surface area contributed by atoms with Gasteiger partial charge < -0.3 is 10.2 Å². The second kappa shape index (κ2) is 8.39. The van der Waals surface area contributed by atoms with Crippen molar-refractivity contribution in [1.82, 2.24) is 20.0 Å². The van der Waals surface area contributed by atoms with Crippen molar-refractivity contribution < 1.29 is 9.59 Å². The molecular formula is C23H30N4O2. The van der Waals surface area contributed by atoms with E-state index in [-0.39, 0.29) is 17.7 Å². The number of hydrogen-bond donors (Lipinski definition) is 1. The van der Waals surface area contributed by atoms with Crippen molar-refractivity contribution >= 4 is 11.8 Å². The van der Waals surface area contributed by atoms with E-state index in [9.17, 15) is 9.59 Å². The first-order valence-electron chi connectivity index (χ1n) is 10.7. The molecule has 1 aliphatic carbocycles. The Kier molecular flexibility index (Phi) is 5.69. The van der Waals surface area contributed by atoms with Crippen molar-refractivity contribution in [2.24, 2.45) is 5.92 Å². The number of carbonyl (C=O) groups excluding carboxylic acids is 2. The molecule has 2 aliphatic rings. The van der Waals surface area contributed by atoms with Crippen LogP contribution in [-0.2, 0) is 22.7 Å². The highest BCUT2D eigenvalue weighted by Gasteiger charge is 2.38. The first-order chi connectivity index (χ1) is 14.0. The molecule has 0 radical (unpaired) electrons. The van der Waals surface area contributed by atoms with Gasteiger partial charge >= 0.3 is 0 Å². The standard InChI is InChI=1S/C23H30N4O2/c1-16-21(17(2)27(25-16)14-18-8-4-3-5-9-18)13-24-23(29)19-12-22(28)26(15-19)20-10-6-7-11-20/h3-5,8-9,19-20H,6-7,10-15H2,1-2H3,(H,24,29)/t19-/m1/s1. The molecule has 2 heterocycles. The number of aromatic nitrogens is 2. The Hall–Kier alpha value is -2.63. The number of nitrogens with one attached hydrogen (secondary N) is 1. The molecule has 1 aromatic heterocycles. The maximum absolute atomic E-state index is 12.7. The van der Waals surface area contributed by atoms with Gasteiger partial charge in [0.15, 0.2) is 0 Å². The molecule has 2 amide bonds. The first kappa shape index (κ1) is 19.7. The molecule has 0 spiro atoms. The number of aryl methyl sites for hydroxylation is 1. The predicted octanol–water partition coefficient (Wildman–Crippen LogP) is 2.96. The Morgan fingerprint density at radius 1 is 1.17 bits per heavy atom. The fourth-order valence-corrected chi connectivity index (χ4v) is 4.70. The minimum absolute atomic E-state index is 0.0199. The highest BCUT2D eigenvalue weighted by atomic mass is 16.2. The van der Waals surface area contributed by atoms with Crippen LogP contribution in [0.5, 0.6) is 0 Å². The quantitative estimate of drug-likeness (QED) is 0.819. The van der Waals surface area contributed by atoms with Crippen LogP contribution in [0.4, 0.5) is 0 Å². The Labute approximate surface area is 172 Å². The Balaban J connectivity index is 1.36. The SMILES string of the molecule is Cc1nn(Cc2ccccc2)c(C)c1CNC(=O)[C@@H]1CC(=O)N(C2CCCC2)C1. The molecule has 4 rings (SSSR count). The lowest BCUT2D eigenvalue weighted by Crippen LogP contribution is -2.36. The molecular weight excluding hydrogens is 364 g/mol. The summed E-state index contributed by atoms with van der Waals surface area (Å²) in [6, 6.07) is 10.6. The van der Waals surface area contributed by atoms with Crippen molar-refractivity contribution in [2.45, 2.75) is 65.1 Å². The van der Waals surface area contributed by atoms with Gasteiger partial charge in [-0.2, -0.15) is 5.10 Å². The molecule has 6 heteroatoms. The normalized spacial score (nSPS) is 19.9. The van der Waals surface area contributed by atoms with E-state index >= 15 is 0 Å². The predicted molar refractivity (Wildman–Crippen MR) is 111 cm³/mol. The average molecular weight is 395 g/mol. The largest absolute Gasteiger partial charge is 0.352 e. The number of nitrogens with zero attached hydrogens (tertiary/aromatic N) is 3. The van der Waals surface area contributed by atoms with E-state index in [4.69, 9.17) is 0 Å². The van der Waals surface area contributed by atoms with Crippen molar-refractivity contribution in [1.29, 1.82) is 0 Å². The van der Waals surface area contributed by atoms with E-state index < -0.39 is 0 Å². The van der Waals surface area contributed by atoms with Gasteiger partial charge in [0.25, 0.3) is 0 Å². The summed E-state index contributed by atoms with van der Waals surface area (Å²) in [5.41, 5.74) is 4.27. The van der Waals surface area contributed by atoms with Crippen LogP contribution in [0.25, 0.3) is 0 Å². The number of amides is 2. The molecule has 1 aromatic carbocycles. The Morgan fingerprint density at radius 3 is 2.62 bits per heavy atom. The van der Waals surface area contributed by atoms with Gasteiger partial charge in [0.05, 0.1) is 18.2 Å². The number of rotatable bonds is 6. The molecule has 6 nitrogen and oxygen atoms in total. The van der Waals surface area contributed by atoms with Crippen molar-refractivity contribution in [3.8, 4) is 0 Å². The van der Waals surface area contributed by atoms with Crippen molar-refractivity contribution in [3.63, 3.8) is 0 Å². The second-order valence-electron chi connectivity index (χ2n) is 8.40. The maximum Gasteiger partial charge on any atom is 0.225 e. The summed E-state index contributed by atoms with van der Waals surface area (Å²) in [4.78, 5) is 27.0. The smallest absolute Gasteiger partial charge is 0.225 e. The van der Waals surface area contributed by atoms with Crippen molar-refractivity contribution in [3.05, 3.63) is 52.8 Å². The molecule has 29 heavy (non-hydrogen) atoms. The van der Waals surface area contributed by atoms with Gasteiger partial charge in [0, 0.05) is 36.8 Å². The highest BCUT2D eigenvalue weighted by molar-refractivity contribution is 5.89. The minimum atomic E-state index is -0.233. The third-order valence-corrected chi connectivity index (χ3v) is 6.44. The second-order valence-corrected chi connectivity index (χ2v) is 8.40. The fraction of sp³-hybridized carbons (Fsp3) is 0.522. The fourth-order valence-electron chi connectivity index (χ4n) is 4.70.